The zero-order valence-electron chi connectivity index (χ0n) is 8.49. The van der Waals surface area contributed by atoms with Crippen LogP contribution in [0.3, 0.4) is 0 Å². The van der Waals surface area contributed by atoms with Crippen LogP contribution in [0, 0.1) is 0 Å². The van der Waals surface area contributed by atoms with E-state index in [-0.39, 0.29) is 12.1 Å². The zero-order valence-corrected chi connectivity index (χ0v) is 8.49. The van der Waals surface area contributed by atoms with E-state index in [1.165, 1.54) is 0 Å². The average Bonchev–Trinajstić information content (AvgIpc) is 2.19. The van der Waals surface area contributed by atoms with E-state index in [4.69, 9.17) is 4.74 Å². The number of benzene rings is 1. The molecule has 0 radical (unpaired) electrons. The van der Waals surface area contributed by atoms with Crippen LogP contribution in [0.2, 0.25) is 0 Å². The van der Waals surface area contributed by atoms with Gasteiger partial charge in [0.25, 0.3) is 0 Å². The van der Waals surface area contributed by atoms with Crippen molar-refractivity contribution in [2.75, 3.05) is 0 Å². The van der Waals surface area contributed by atoms with Crippen molar-refractivity contribution in [3.8, 4) is 0 Å². The largest absolute Gasteiger partial charge is 0.454 e. The molecule has 1 atom stereocenters. The van der Waals surface area contributed by atoms with Crippen LogP contribution in [0.5, 0.6) is 0 Å². The minimum atomic E-state index is -0.346. The molecule has 0 aliphatic rings. The van der Waals surface area contributed by atoms with Gasteiger partial charge in [0.2, 0.25) is 0 Å². The maximum absolute atomic E-state index is 11.2. The van der Waals surface area contributed by atoms with E-state index < -0.39 is 0 Å². The van der Waals surface area contributed by atoms with Gasteiger partial charge >= 0.3 is 5.97 Å². The number of hydrogen-bond donors (Lipinski definition) is 0. The first-order valence-corrected chi connectivity index (χ1v) is 4.52. The summed E-state index contributed by atoms with van der Waals surface area (Å²) in [6.07, 6.45) is -0.222. The van der Waals surface area contributed by atoms with Gasteiger partial charge in [-0.2, -0.15) is 0 Å². The zero-order chi connectivity index (χ0) is 10.6. The fraction of sp³-hybridized carbons (Fsp3) is 0.250. The van der Waals surface area contributed by atoms with E-state index in [1.54, 1.807) is 6.92 Å². The van der Waals surface area contributed by atoms with Crippen LogP contribution >= 0.6 is 0 Å². The SMILES string of the molecule is C=C(C)C(=O)OC(C)c1ccccc1. The van der Waals surface area contributed by atoms with E-state index in [0.717, 1.165) is 5.56 Å². The van der Waals surface area contributed by atoms with E-state index in [9.17, 15) is 4.79 Å². The first-order chi connectivity index (χ1) is 6.61. The molecule has 0 aliphatic carbocycles. The molecule has 2 nitrogen and oxygen atoms in total. The highest BCUT2D eigenvalue weighted by atomic mass is 16.5. The Kier molecular flexibility index (Phi) is 3.46. The molecule has 0 amide bonds. The quantitative estimate of drug-likeness (QED) is 0.541. The lowest BCUT2D eigenvalue weighted by atomic mass is 10.1. The third-order valence-corrected chi connectivity index (χ3v) is 1.90. The third kappa shape index (κ3) is 2.73. The molecule has 1 aromatic carbocycles. The van der Waals surface area contributed by atoms with Crippen LogP contribution in [0.25, 0.3) is 0 Å². The van der Waals surface area contributed by atoms with E-state index in [0.29, 0.717) is 5.57 Å². The molecule has 0 aliphatic heterocycles. The van der Waals surface area contributed by atoms with E-state index in [2.05, 4.69) is 6.58 Å². The highest BCUT2D eigenvalue weighted by molar-refractivity contribution is 5.87. The first-order valence-electron chi connectivity index (χ1n) is 4.52. The Hall–Kier alpha value is -1.57. The van der Waals surface area contributed by atoms with Gasteiger partial charge in [0.15, 0.2) is 0 Å². The van der Waals surface area contributed by atoms with Gasteiger partial charge in [0.05, 0.1) is 0 Å². The third-order valence-electron chi connectivity index (χ3n) is 1.90. The number of carbonyl (C=O) groups excluding carboxylic acids is 1. The van der Waals surface area contributed by atoms with Crippen molar-refractivity contribution in [1.29, 1.82) is 0 Å². The van der Waals surface area contributed by atoms with Gasteiger partial charge in [0, 0.05) is 5.57 Å². The van der Waals surface area contributed by atoms with Crippen molar-refractivity contribution < 1.29 is 9.53 Å². The van der Waals surface area contributed by atoms with Gasteiger partial charge in [-0.3, -0.25) is 0 Å². The lowest BCUT2D eigenvalue weighted by Crippen LogP contribution is -2.08. The van der Waals surface area contributed by atoms with Gasteiger partial charge in [-0.25, -0.2) is 4.79 Å². The summed E-state index contributed by atoms with van der Waals surface area (Å²) in [6.45, 7) is 7.01. The second kappa shape index (κ2) is 4.61. The van der Waals surface area contributed by atoms with Crippen molar-refractivity contribution in [3.63, 3.8) is 0 Å². The predicted octanol–water partition coefficient (Wildman–Crippen LogP) is 2.87. The number of carbonyl (C=O) groups is 1. The second-order valence-corrected chi connectivity index (χ2v) is 3.24. The fourth-order valence-electron chi connectivity index (χ4n) is 1.05. The predicted molar refractivity (Wildman–Crippen MR) is 55.8 cm³/mol. The molecule has 0 bridgehead atoms. The number of esters is 1. The summed E-state index contributed by atoms with van der Waals surface area (Å²) in [5.74, 6) is -0.346. The minimum Gasteiger partial charge on any atom is -0.454 e. The standard InChI is InChI=1S/C12H14O2/c1-9(2)12(13)14-10(3)11-7-5-4-6-8-11/h4-8,10H,1H2,2-3H3. The fourth-order valence-corrected chi connectivity index (χ4v) is 1.05. The summed E-state index contributed by atoms with van der Waals surface area (Å²) in [6, 6.07) is 9.62. The van der Waals surface area contributed by atoms with Crippen LogP contribution in [-0.4, -0.2) is 5.97 Å². The van der Waals surface area contributed by atoms with Crippen molar-refractivity contribution >= 4 is 5.97 Å². The van der Waals surface area contributed by atoms with E-state index in [1.807, 2.05) is 37.3 Å². The highest BCUT2D eigenvalue weighted by Gasteiger charge is 2.10. The Morgan fingerprint density at radius 3 is 2.43 bits per heavy atom. The van der Waals surface area contributed by atoms with Gasteiger partial charge in [-0.1, -0.05) is 36.9 Å². The van der Waals surface area contributed by atoms with Crippen molar-refractivity contribution in [2.45, 2.75) is 20.0 Å². The molecular formula is C12H14O2. The molecule has 74 valence electrons. The molecule has 1 unspecified atom stereocenters. The molecule has 2 heteroatoms. The van der Waals surface area contributed by atoms with Crippen LogP contribution in [0.15, 0.2) is 42.5 Å². The lowest BCUT2D eigenvalue weighted by molar-refractivity contribution is -0.143. The van der Waals surface area contributed by atoms with E-state index >= 15 is 0 Å². The molecule has 0 spiro atoms. The molecule has 0 fully saturated rings. The molecule has 14 heavy (non-hydrogen) atoms. The molecule has 1 rings (SSSR count). The Balaban J connectivity index is 2.64. The average molecular weight is 190 g/mol. The molecule has 1 aromatic rings. The first kappa shape index (κ1) is 10.5. The van der Waals surface area contributed by atoms with Gasteiger partial charge in [-0.15, -0.1) is 0 Å². The normalized spacial score (nSPS) is 11.9. The van der Waals surface area contributed by atoms with Crippen LogP contribution in [-0.2, 0) is 9.53 Å². The number of rotatable bonds is 3. The maximum Gasteiger partial charge on any atom is 0.333 e. The van der Waals surface area contributed by atoms with Gasteiger partial charge < -0.3 is 4.74 Å². The Morgan fingerprint density at radius 2 is 1.93 bits per heavy atom. The highest BCUT2D eigenvalue weighted by Crippen LogP contribution is 2.16. The smallest absolute Gasteiger partial charge is 0.333 e. The summed E-state index contributed by atoms with van der Waals surface area (Å²) in [5, 5.41) is 0. The number of ether oxygens (including phenoxy) is 1. The Morgan fingerprint density at radius 1 is 1.36 bits per heavy atom. The van der Waals surface area contributed by atoms with Crippen molar-refractivity contribution in [2.24, 2.45) is 0 Å². The molecular weight excluding hydrogens is 176 g/mol. The maximum atomic E-state index is 11.2. The molecule has 0 saturated heterocycles. The second-order valence-electron chi connectivity index (χ2n) is 3.24. The van der Waals surface area contributed by atoms with Crippen LogP contribution in [0.1, 0.15) is 25.5 Å². The summed E-state index contributed by atoms with van der Waals surface area (Å²) >= 11 is 0. The topological polar surface area (TPSA) is 26.3 Å². The van der Waals surface area contributed by atoms with Crippen LogP contribution in [0.4, 0.5) is 0 Å². The summed E-state index contributed by atoms with van der Waals surface area (Å²) in [5.41, 5.74) is 1.41. The molecule has 0 saturated carbocycles. The summed E-state index contributed by atoms with van der Waals surface area (Å²) < 4.78 is 5.16. The van der Waals surface area contributed by atoms with Crippen LogP contribution < -0.4 is 0 Å². The molecule has 0 heterocycles. The monoisotopic (exact) mass is 190 g/mol. The van der Waals surface area contributed by atoms with Gasteiger partial charge in [-0.05, 0) is 19.4 Å². The molecule has 0 aromatic heterocycles. The Bertz CT molecular complexity index is 327. The van der Waals surface area contributed by atoms with Gasteiger partial charge in [0.1, 0.15) is 6.10 Å². The summed E-state index contributed by atoms with van der Waals surface area (Å²) in [7, 11) is 0. The van der Waals surface area contributed by atoms with Crippen molar-refractivity contribution in [3.05, 3.63) is 48.0 Å². The number of hydrogen-bond acceptors (Lipinski definition) is 2. The van der Waals surface area contributed by atoms with Crippen molar-refractivity contribution in [1.82, 2.24) is 0 Å². The minimum absolute atomic E-state index is 0.222. The lowest BCUT2D eigenvalue weighted by Gasteiger charge is -2.13. The summed E-state index contributed by atoms with van der Waals surface area (Å²) in [4.78, 5) is 11.2. The molecule has 0 N–H and O–H groups in total. The Labute approximate surface area is 84.2 Å².